The minimum Gasteiger partial charge on any atom is -0.381 e. The van der Waals surface area contributed by atoms with Gasteiger partial charge in [0, 0.05) is 11.1 Å². The molecule has 0 amide bonds. The molecule has 1 heterocycles. The van der Waals surface area contributed by atoms with Crippen LogP contribution in [-0.2, 0) is 6.42 Å². The van der Waals surface area contributed by atoms with E-state index in [4.69, 9.17) is 10.3 Å². The second kappa shape index (κ2) is 3.92. The maximum atomic E-state index is 13.0. The van der Waals surface area contributed by atoms with Crippen LogP contribution in [0.25, 0.3) is 11.3 Å². The van der Waals surface area contributed by atoms with E-state index in [1.54, 1.807) is 0 Å². The number of nitrogens with zero attached hydrogens (tertiary/aromatic N) is 1. The van der Waals surface area contributed by atoms with Crippen LogP contribution in [0, 0.1) is 11.6 Å². The number of nitrogens with two attached hydrogens (primary N) is 1. The van der Waals surface area contributed by atoms with E-state index in [1.165, 1.54) is 6.07 Å². The first-order valence-corrected chi connectivity index (χ1v) is 4.83. The third-order valence-corrected chi connectivity index (χ3v) is 2.35. The third kappa shape index (κ3) is 1.64. The average molecular weight is 224 g/mol. The molecule has 0 spiro atoms. The van der Waals surface area contributed by atoms with Gasteiger partial charge in [0.1, 0.15) is 0 Å². The third-order valence-electron chi connectivity index (χ3n) is 2.35. The summed E-state index contributed by atoms with van der Waals surface area (Å²) < 4.78 is 30.8. The maximum absolute atomic E-state index is 13.0. The largest absolute Gasteiger partial charge is 0.381 e. The molecule has 2 aromatic rings. The molecule has 3 nitrogen and oxygen atoms in total. The van der Waals surface area contributed by atoms with Gasteiger partial charge >= 0.3 is 0 Å². The van der Waals surface area contributed by atoms with Crippen molar-refractivity contribution in [2.75, 3.05) is 5.73 Å². The molecule has 84 valence electrons. The lowest BCUT2D eigenvalue weighted by atomic mass is 10.1. The Kier molecular flexibility index (Phi) is 2.60. The number of anilines is 1. The molecule has 0 bridgehead atoms. The number of halogens is 2. The van der Waals surface area contributed by atoms with E-state index in [0.29, 0.717) is 23.3 Å². The highest BCUT2D eigenvalue weighted by Gasteiger charge is 2.15. The van der Waals surface area contributed by atoms with Crippen LogP contribution in [0.2, 0.25) is 0 Å². The van der Waals surface area contributed by atoms with Crippen LogP contribution in [0.15, 0.2) is 22.7 Å². The van der Waals surface area contributed by atoms with Crippen molar-refractivity contribution in [1.29, 1.82) is 0 Å². The summed E-state index contributed by atoms with van der Waals surface area (Å²) in [4.78, 5) is 0. The fourth-order valence-corrected chi connectivity index (χ4v) is 1.53. The van der Waals surface area contributed by atoms with Crippen LogP contribution < -0.4 is 5.73 Å². The molecule has 0 unspecified atom stereocenters. The molecule has 0 radical (unpaired) electrons. The van der Waals surface area contributed by atoms with E-state index in [0.717, 1.165) is 12.1 Å². The normalized spacial score (nSPS) is 10.7. The highest BCUT2D eigenvalue weighted by atomic mass is 19.2. The highest BCUT2D eigenvalue weighted by Crippen LogP contribution is 2.28. The summed E-state index contributed by atoms with van der Waals surface area (Å²) in [6.07, 6.45) is 0.615. The smallest absolute Gasteiger partial charge is 0.172 e. The first kappa shape index (κ1) is 10.6. The molecule has 1 aromatic heterocycles. The zero-order valence-electron chi connectivity index (χ0n) is 8.63. The van der Waals surface area contributed by atoms with Crippen LogP contribution >= 0.6 is 0 Å². The topological polar surface area (TPSA) is 52.0 Å². The number of benzene rings is 1. The Morgan fingerprint density at radius 3 is 2.69 bits per heavy atom. The van der Waals surface area contributed by atoms with Crippen LogP contribution in [0.5, 0.6) is 0 Å². The van der Waals surface area contributed by atoms with Gasteiger partial charge in [-0.15, -0.1) is 0 Å². The molecule has 0 saturated heterocycles. The van der Waals surface area contributed by atoms with Crippen molar-refractivity contribution < 1.29 is 13.3 Å². The lowest BCUT2D eigenvalue weighted by Crippen LogP contribution is -1.91. The number of hydrogen-bond donors (Lipinski definition) is 1. The van der Waals surface area contributed by atoms with Gasteiger partial charge in [-0.1, -0.05) is 12.1 Å². The predicted octanol–water partition coefficient (Wildman–Crippen LogP) is 2.76. The number of rotatable bonds is 2. The van der Waals surface area contributed by atoms with Crippen molar-refractivity contribution in [2.24, 2.45) is 0 Å². The molecular weight excluding hydrogens is 214 g/mol. The second-order valence-corrected chi connectivity index (χ2v) is 3.36. The van der Waals surface area contributed by atoms with Crippen LogP contribution in [0.4, 0.5) is 14.6 Å². The summed E-state index contributed by atoms with van der Waals surface area (Å²) in [5.41, 5.74) is 6.72. The number of nitrogen functional groups attached to an aromatic ring is 1. The van der Waals surface area contributed by atoms with Crippen LogP contribution in [0.1, 0.15) is 12.5 Å². The highest BCUT2D eigenvalue weighted by molar-refractivity contribution is 5.66. The van der Waals surface area contributed by atoms with Crippen molar-refractivity contribution in [3.05, 3.63) is 35.4 Å². The summed E-state index contributed by atoms with van der Waals surface area (Å²) in [6, 6.07) is 3.54. The van der Waals surface area contributed by atoms with Crippen molar-refractivity contribution in [2.45, 2.75) is 13.3 Å². The zero-order valence-corrected chi connectivity index (χ0v) is 8.63. The molecule has 0 aliphatic heterocycles. The van der Waals surface area contributed by atoms with E-state index in [9.17, 15) is 8.78 Å². The van der Waals surface area contributed by atoms with E-state index in [-0.39, 0.29) is 5.82 Å². The number of hydrogen-bond acceptors (Lipinski definition) is 3. The monoisotopic (exact) mass is 224 g/mol. The molecule has 0 fully saturated rings. The molecule has 2 N–H and O–H groups in total. The Hall–Kier alpha value is -1.91. The van der Waals surface area contributed by atoms with Gasteiger partial charge in [-0.2, -0.15) is 0 Å². The Morgan fingerprint density at radius 2 is 2.06 bits per heavy atom. The van der Waals surface area contributed by atoms with Gasteiger partial charge in [0.05, 0.1) is 0 Å². The Balaban J connectivity index is 2.54. The average Bonchev–Trinajstić information content (AvgIpc) is 2.63. The van der Waals surface area contributed by atoms with Crippen molar-refractivity contribution >= 4 is 5.82 Å². The van der Waals surface area contributed by atoms with Gasteiger partial charge < -0.3 is 10.3 Å². The van der Waals surface area contributed by atoms with Crippen LogP contribution in [-0.4, -0.2) is 5.16 Å². The van der Waals surface area contributed by atoms with E-state index >= 15 is 0 Å². The zero-order chi connectivity index (χ0) is 11.7. The minimum atomic E-state index is -0.922. The lowest BCUT2D eigenvalue weighted by Gasteiger charge is -2.00. The Morgan fingerprint density at radius 1 is 1.31 bits per heavy atom. The second-order valence-electron chi connectivity index (χ2n) is 3.36. The van der Waals surface area contributed by atoms with E-state index in [1.807, 2.05) is 6.92 Å². The standard InChI is InChI=1S/C11H10F2N2O/c1-2-7-10(16-15-11(7)14)6-3-4-8(12)9(13)5-6/h3-5H,2H2,1H3,(H2,14,15). The molecule has 0 aliphatic rings. The fraction of sp³-hybridized carbons (Fsp3) is 0.182. The van der Waals surface area contributed by atoms with Gasteiger partial charge in [0.15, 0.2) is 23.2 Å². The summed E-state index contributed by atoms with van der Waals surface area (Å²) in [6.45, 7) is 1.88. The van der Waals surface area contributed by atoms with Gasteiger partial charge in [-0.25, -0.2) is 8.78 Å². The fourth-order valence-electron chi connectivity index (χ4n) is 1.53. The molecule has 2 rings (SSSR count). The van der Waals surface area contributed by atoms with Gasteiger partial charge in [-0.05, 0) is 24.6 Å². The Bertz CT molecular complexity index is 523. The first-order chi connectivity index (χ1) is 7.63. The molecule has 16 heavy (non-hydrogen) atoms. The molecule has 0 atom stereocenters. The molecule has 0 aliphatic carbocycles. The maximum Gasteiger partial charge on any atom is 0.172 e. The van der Waals surface area contributed by atoms with Crippen LogP contribution in [0.3, 0.4) is 0 Å². The van der Waals surface area contributed by atoms with E-state index < -0.39 is 11.6 Å². The summed E-state index contributed by atoms with van der Waals surface area (Å²) in [5.74, 6) is -1.15. The van der Waals surface area contributed by atoms with Crippen molar-refractivity contribution in [3.8, 4) is 11.3 Å². The lowest BCUT2D eigenvalue weighted by molar-refractivity contribution is 0.434. The van der Waals surface area contributed by atoms with E-state index in [2.05, 4.69) is 5.16 Å². The molecule has 1 aromatic carbocycles. The summed E-state index contributed by atoms with van der Waals surface area (Å²) in [5, 5.41) is 3.60. The van der Waals surface area contributed by atoms with Gasteiger partial charge in [0.2, 0.25) is 0 Å². The molecule has 5 heteroatoms. The van der Waals surface area contributed by atoms with Gasteiger partial charge in [-0.3, -0.25) is 0 Å². The first-order valence-electron chi connectivity index (χ1n) is 4.83. The summed E-state index contributed by atoms with van der Waals surface area (Å²) in [7, 11) is 0. The SMILES string of the molecule is CCc1c(N)noc1-c1ccc(F)c(F)c1. The summed E-state index contributed by atoms with van der Waals surface area (Å²) >= 11 is 0. The quantitative estimate of drug-likeness (QED) is 0.853. The number of aromatic nitrogens is 1. The molecular formula is C11H10F2N2O. The van der Waals surface area contributed by atoms with Gasteiger partial charge in [0.25, 0.3) is 0 Å². The minimum absolute atomic E-state index is 0.280. The predicted molar refractivity (Wildman–Crippen MR) is 55.6 cm³/mol. The van der Waals surface area contributed by atoms with Crippen molar-refractivity contribution in [3.63, 3.8) is 0 Å². The van der Waals surface area contributed by atoms with Crippen molar-refractivity contribution in [1.82, 2.24) is 5.16 Å². The Labute approximate surface area is 90.9 Å². The molecule has 0 saturated carbocycles.